The molecular formula is C12H17ClN2O3S. The Morgan fingerprint density at radius 1 is 1.47 bits per heavy atom. The van der Waals surface area contributed by atoms with Gasteiger partial charge in [0.05, 0.1) is 11.8 Å². The summed E-state index contributed by atoms with van der Waals surface area (Å²) in [5, 5.41) is 0.421. The van der Waals surface area contributed by atoms with E-state index in [4.69, 9.17) is 22.1 Å². The Kier molecular flexibility index (Phi) is 4.35. The van der Waals surface area contributed by atoms with E-state index in [-0.39, 0.29) is 16.7 Å². The molecule has 5 nitrogen and oxygen atoms in total. The Morgan fingerprint density at radius 2 is 2.21 bits per heavy atom. The second kappa shape index (κ2) is 5.66. The normalized spacial score (nSPS) is 21.5. The van der Waals surface area contributed by atoms with E-state index in [2.05, 4.69) is 0 Å². The summed E-state index contributed by atoms with van der Waals surface area (Å²) in [6.07, 6.45) is 1.60. The van der Waals surface area contributed by atoms with Crippen LogP contribution in [0.1, 0.15) is 12.8 Å². The van der Waals surface area contributed by atoms with Crippen LogP contribution in [0.15, 0.2) is 23.1 Å². The lowest BCUT2D eigenvalue weighted by molar-refractivity contribution is 0.0572. The maximum atomic E-state index is 12.5. The lowest BCUT2D eigenvalue weighted by Gasteiger charge is -2.31. The van der Waals surface area contributed by atoms with E-state index >= 15 is 0 Å². The fourth-order valence-electron chi connectivity index (χ4n) is 2.21. The van der Waals surface area contributed by atoms with Gasteiger partial charge in [0.15, 0.2) is 0 Å². The number of benzene rings is 1. The van der Waals surface area contributed by atoms with Gasteiger partial charge in [0, 0.05) is 25.2 Å². The highest BCUT2D eigenvalue weighted by atomic mass is 35.5. The summed E-state index contributed by atoms with van der Waals surface area (Å²) < 4.78 is 31.7. The zero-order valence-corrected chi connectivity index (χ0v) is 12.2. The molecule has 1 aliphatic rings. The van der Waals surface area contributed by atoms with Crippen molar-refractivity contribution >= 4 is 27.3 Å². The molecule has 1 fully saturated rings. The highest BCUT2D eigenvalue weighted by Crippen LogP contribution is 2.27. The number of hydrogen-bond donors (Lipinski definition) is 1. The van der Waals surface area contributed by atoms with Crippen LogP contribution in [0, 0.1) is 0 Å². The summed E-state index contributed by atoms with van der Waals surface area (Å²) in [5.74, 6) is 0. The van der Waals surface area contributed by atoms with E-state index in [1.54, 1.807) is 7.11 Å². The highest BCUT2D eigenvalue weighted by molar-refractivity contribution is 7.89. The molecule has 1 aromatic carbocycles. The number of piperidine rings is 1. The van der Waals surface area contributed by atoms with Crippen LogP contribution in [0.4, 0.5) is 5.69 Å². The van der Waals surface area contributed by atoms with E-state index in [1.165, 1.54) is 22.5 Å². The molecule has 0 aromatic heterocycles. The number of anilines is 1. The number of halogens is 1. The first-order valence-electron chi connectivity index (χ1n) is 6.03. The van der Waals surface area contributed by atoms with Crippen LogP contribution in [0.3, 0.4) is 0 Å². The van der Waals surface area contributed by atoms with Gasteiger partial charge < -0.3 is 10.5 Å². The van der Waals surface area contributed by atoms with E-state index in [0.29, 0.717) is 18.1 Å². The van der Waals surface area contributed by atoms with Crippen LogP contribution in [0.25, 0.3) is 0 Å². The summed E-state index contributed by atoms with van der Waals surface area (Å²) in [5.41, 5.74) is 5.93. The zero-order valence-electron chi connectivity index (χ0n) is 10.7. The number of nitrogens with zero attached hydrogens (tertiary/aromatic N) is 1. The molecule has 1 heterocycles. The van der Waals surface area contributed by atoms with Crippen LogP contribution in [0.2, 0.25) is 5.02 Å². The van der Waals surface area contributed by atoms with E-state index in [9.17, 15) is 8.42 Å². The van der Waals surface area contributed by atoms with Gasteiger partial charge in [-0.2, -0.15) is 4.31 Å². The van der Waals surface area contributed by atoms with Crippen LogP contribution >= 0.6 is 11.6 Å². The molecule has 1 saturated heterocycles. The summed E-state index contributed by atoms with van der Waals surface area (Å²) in [7, 11) is -1.99. The molecule has 1 unspecified atom stereocenters. The summed E-state index contributed by atoms with van der Waals surface area (Å²) in [6, 6.07) is 4.43. The standard InChI is InChI=1S/C12H17ClN2O3S/c1-18-10-3-2-6-15(8-10)19(16,17)12-5-4-9(13)7-11(12)14/h4-5,7,10H,2-3,6,8,14H2,1H3. The summed E-state index contributed by atoms with van der Waals surface area (Å²) in [6.45, 7) is 0.852. The molecule has 0 bridgehead atoms. The number of nitrogen functional groups attached to an aromatic ring is 1. The van der Waals surface area contributed by atoms with Gasteiger partial charge in [-0.3, -0.25) is 0 Å². The molecular weight excluding hydrogens is 288 g/mol. The molecule has 0 aliphatic carbocycles. The topological polar surface area (TPSA) is 72.6 Å². The number of methoxy groups -OCH3 is 1. The Bertz CT molecular complexity index is 562. The Morgan fingerprint density at radius 3 is 2.84 bits per heavy atom. The Hall–Kier alpha value is -0.820. The smallest absolute Gasteiger partial charge is 0.245 e. The van der Waals surface area contributed by atoms with Crippen LogP contribution < -0.4 is 5.73 Å². The molecule has 0 saturated carbocycles. The first-order valence-corrected chi connectivity index (χ1v) is 7.85. The van der Waals surface area contributed by atoms with Gasteiger partial charge >= 0.3 is 0 Å². The molecule has 0 spiro atoms. The zero-order chi connectivity index (χ0) is 14.0. The van der Waals surface area contributed by atoms with Gasteiger partial charge in [-0.05, 0) is 31.0 Å². The van der Waals surface area contributed by atoms with Crippen molar-refractivity contribution in [2.75, 3.05) is 25.9 Å². The first kappa shape index (κ1) is 14.6. The van der Waals surface area contributed by atoms with Crippen LogP contribution in [0.5, 0.6) is 0 Å². The van der Waals surface area contributed by atoms with Crippen molar-refractivity contribution in [3.8, 4) is 0 Å². The van der Waals surface area contributed by atoms with Crippen molar-refractivity contribution in [3.05, 3.63) is 23.2 Å². The molecule has 2 rings (SSSR count). The maximum Gasteiger partial charge on any atom is 0.245 e. The Labute approximate surface area is 118 Å². The van der Waals surface area contributed by atoms with E-state index in [1.807, 2.05) is 0 Å². The van der Waals surface area contributed by atoms with Gasteiger partial charge in [0.1, 0.15) is 4.90 Å². The van der Waals surface area contributed by atoms with Gasteiger partial charge in [-0.15, -0.1) is 0 Å². The van der Waals surface area contributed by atoms with Crippen molar-refractivity contribution in [1.29, 1.82) is 0 Å². The fourth-order valence-corrected chi connectivity index (χ4v) is 4.00. The average molecular weight is 305 g/mol. The number of sulfonamides is 1. The quantitative estimate of drug-likeness (QED) is 0.863. The number of ether oxygens (including phenoxy) is 1. The van der Waals surface area contributed by atoms with Crippen LogP contribution in [-0.4, -0.2) is 39.0 Å². The molecule has 106 valence electrons. The molecule has 2 N–H and O–H groups in total. The van der Waals surface area contributed by atoms with Crippen molar-refractivity contribution < 1.29 is 13.2 Å². The molecule has 7 heteroatoms. The minimum absolute atomic E-state index is 0.0583. The first-order chi connectivity index (χ1) is 8.95. The molecule has 1 aliphatic heterocycles. The average Bonchev–Trinajstić information content (AvgIpc) is 2.38. The third-order valence-corrected chi connectivity index (χ3v) is 5.44. The van der Waals surface area contributed by atoms with Gasteiger partial charge in [-0.25, -0.2) is 8.42 Å². The van der Waals surface area contributed by atoms with Crippen molar-refractivity contribution in [3.63, 3.8) is 0 Å². The monoisotopic (exact) mass is 304 g/mol. The number of hydrogen-bond acceptors (Lipinski definition) is 4. The second-order valence-corrected chi connectivity index (χ2v) is 6.89. The van der Waals surface area contributed by atoms with E-state index in [0.717, 1.165) is 12.8 Å². The number of rotatable bonds is 3. The van der Waals surface area contributed by atoms with Crippen molar-refractivity contribution in [2.24, 2.45) is 0 Å². The lowest BCUT2D eigenvalue weighted by atomic mass is 10.1. The third-order valence-electron chi connectivity index (χ3n) is 3.26. The van der Waals surface area contributed by atoms with Crippen molar-refractivity contribution in [2.45, 2.75) is 23.8 Å². The SMILES string of the molecule is COC1CCCN(S(=O)(=O)c2ccc(Cl)cc2N)C1. The molecule has 0 radical (unpaired) electrons. The molecule has 19 heavy (non-hydrogen) atoms. The largest absolute Gasteiger partial charge is 0.398 e. The Balaban J connectivity index is 2.31. The van der Waals surface area contributed by atoms with Gasteiger partial charge in [-0.1, -0.05) is 11.6 Å². The van der Waals surface area contributed by atoms with Gasteiger partial charge in [0.2, 0.25) is 10.0 Å². The van der Waals surface area contributed by atoms with E-state index < -0.39 is 10.0 Å². The predicted octanol–water partition coefficient (Wildman–Crippen LogP) is 1.72. The maximum absolute atomic E-state index is 12.5. The second-order valence-electron chi connectivity index (χ2n) is 4.55. The third kappa shape index (κ3) is 3.02. The summed E-state index contributed by atoms with van der Waals surface area (Å²) in [4.78, 5) is 0.105. The van der Waals surface area contributed by atoms with Crippen molar-refractivity contribution in [1.82, 2.24) is 4.31 Å². The number of nitrogens with two attached hydrogens (primary N) is 1. The molecule has 0 amide bonds. The molecule has 1 aromatic rings. The minimum atomic E-state index is -3.58. The summed E-state index contributed by atoms with van der Waals surface area (Å²) >= 11 is 5.79. The van der Waals surface area contributed by atoms with Gasteiger partial charge in [0.25, 0.3) is 0 Å². The fraction of sp³-hybridized carbons (Fsp3) is 0.500. The van der Waals surface area contributed by atoms with Crippen LogP contribution in [-0.2, 0) is 14.8 Å². The minimum Gasteiger partial charge on any atom is -0.398 e. The highest BCUT2D eigenvalue weighted by Gasteiger charge is 2.31. The molecule has 1 atom stereocenters. The lowest BCUT2D eigenvalue weighted by Crippen LogP contribution is -2.42. The predicted molar refractivity (Wildman–Crippen MR) is 74.7 cm³/mol.